The van der Waals surface area contributed by atoms with Crippen LogP contribution in [0.4, 0.5) is 15.0 Å². The van der Waals surface area contributed by atoms with Gasteiger partial charge in [-0.3, -0.25) is 4.79 Å². The molecule has 0 spiro atoms. The molecule has 9 nitrogen and oxygen atoms in total. The van der Waals surface area contributed by atoms with Crippen molar-refractivity contribution in [1.29, 1.82) is 5.26 Å². The predicted octanol–water partition coefficient (Wildman–Crippen LogP) is 2.44. The van der Waals surface area contributed by atoms with E-state index in [0.29, 0.717) is 30.8 Å². The van der Waals surface area contributed by atoms with E-state index in [0.717, 1.165) is 5.56 Å². The molecule has 2 aromatic carbocycles. The fourth-order valence-corrected chi connectivity index (χ4v) is 3.03. The van der Waals surface area contributed by atoms with Crippen molar-refractivity contribution in [3.8, 4) is 11.8 Å². The maximum absolute atomic E-state index is 13.2. The summed E-state index contributed by atoms with van der Waals surface area (Å²) in [4.78, 5) is 23.6. The number of anilines is 1. The molecule has 10 heteroatoms. The predicted molar refractivity (Wildman–Crippen MR) is 119 cm³/mol. The highest BCUT2D eigenvalue weighted by Crippen LogP contribution is 2.21. The van der Waals surface area contributed by atoms with Crippen LogP contribution in [0.2, 0.25) is 0 Å². The quantitative estimate of drug-likeness (QED) is 0.429. The minimum absolute atomic E-state index is 0.114. The smallest absolute Gasteiger partial charge is 0.407 e. The molecule has 0 bridgehead atoms. The Morgan fingerprint density at radius 2 is 1.85 bits per heavy atom. The molecule has 0 saturated heterocycles. The summed E-state index contributed by atoms with van der Waals surface area (Å²) in [6.45, 7) is 0.209. The van der Waals surface area contributed by atoms with E-state index in [2.05, 4.69) is 15.7 Å². The molecule has 4 N–H and O–H groups in total. The van der Waals surface area contributed by atoms with Gasteiger partial charge in [0.05, 0.1) is 17.9 Å². The highest BCUT2D eigenvalue weighted by molar-refractivity contribution is 5.82. The molecule has 3 aromatic rings. The summed E-state index contributed by atoms with van der Waals surface area (Å²) in [5, 5.41) is 18.9. The van der Waals surface area contributed by atoms with Crippen molar-refractivity contribution in [1.82, 2.24) is 20.4 Å². The number of ether oxygens (including phenoxy) is 1. The van der Waals surface area contributed by atoms with Crippen molar-refractivity contribution in [3.05, 3.63) is 77.2 Å². The van der Waals surface area contributed by atoms with E-state index in [1.807, 2.05) is 36.4 Å². The van der Waals surface area contributed by atoms with Crippen LogP contribution in [-0.4, -0.2) is 34.9 Å². The number of benzene rings is 2. The largest absolute Gasteiger partial charge is 0.445 e. The van der Waals surface area contributed by atoms with Crippen molar-refractivity contribution >= 4 is 17.8 Å². The molecule has 2 amide bonds. The molecule has 0 aliphatic carbocycles. The summed E-state index contributed by atoms with van der Waals surface area (Å²) in [5.74, 6) is -0.593. The van der Waals surface area contributed by atoms with E-state index in [4.69, 9.17) is 10.5 Å². The molecule has 33 heavy (non-hydrogen) atoms. The Morgan fingerprint density at radius 3 is 2.55 bits per heavy atom. The van der Waals surface area contributed by atoms with Gasteiger partial charge in [-0.2, -0.15) is 10.4 Å². The minimum Gasteiger partial charge on any atom is -0.445 e. The maximum atomic E-state index is 13.2. The summed E-state index contributed by atoms with van der Waals surface area (Å²) >= 11 is 0. The zero-order valence-electron chi connectivity index (χ0n) is 17.8. The standard InChI is InChI=1S/C23H23FN6O3/c24-17-8-10-18(11-9-17)30-22(26)19(13-25)20(29-30)7-4-12-27-21(31)14-28-23(32)33-15-16-5-2-1-3-6-16/h1-3,5-6,8-11H,4,7,12,14-15,26H2,(H,27,31)(H,28,32). The number of nitrogens with two attached hydrogens (primary N) is 1. The molecule has 170 valence electrons. The number of aromatic nitrogens is 2. The Hall–Kier alpha value is -4.39. The average Bonchev–Trinajstić information content (AvgIpc) is 3.15. The molecular formula is C23H23FN6O3. The number of nitrogens with one attached hydrogen (secondary N) is 2. The van der Waals surface area contributed by atoms with Crippen LogP contribution >= 0.6 is 0 Å². The Balaban J connectivity index is 1.41. The van der Waals surface area contributed by atoms with Gasteiger partial charge in [-0.05, 0) is 42.7 Å². The number of nitriles is 1. The zero-order chi connectivity index (χ0) is 23.6. The van der Waals surface area contributed by atoms with Gasteiger partial charge in [0.1, 0.15) is 29.9 Å². The number of alkyl carbamates (subject to hydrolysis) is 1. The van der Waals surface area contributed by atoms with Gasteiger partial charge in [-0.15, -0.1) is 0 Å². The van der Waals surface area contributed by atoms with Crippen LogP contribution in [0.1, 0.15) is 23.2 Å². The van der Waals surface area contributed by atoms with E-state index in [1.165, 1.54) is 28.9 Å². The van der Waals surface area contributed by atoms with Gasteiger partial charge in [-0.1, -0.05) is 30.3 Å². The molecule has 0 unspecified atom stereocenters. The monoisotopic (exact) mass is 450 g/mol. The fourth-order valence-electron chi connectivity index (χ4n) is 3.03. The van der Waals surface area contributed by atoms with E-state index in [9.17, 15) is 19.2 Å². The second-order valence-electron chi connectivity index (χ2n) is 7.08. The van der Waals surface area contributed by atoms with Gasteiger partial charge >= 0.3 is 6.09 Å². The number of carbonyl (C=O) groups is 2. The summed E-state index contributed by atoms with van der Waals surface area (Å²) < 4.78 is 19.6. The first-order valence-electron chi connectivity index (χ1n) is 10.2. The molecule has 0 radical (unpaired) electrons. The topological polar surface area (TPSA) is 135 Å². The lowest BCUT2D eigenvalue weighted by atomic mass is 10.1. The lowest BCUT2D eigenvalue weighted by Crippen LogP contribution is -2.37. The second kappa shape index (κ2) is 11.3. The Labute approximate surface area is 190 Å². The first kappa shape index (κ1) is 23.3. The number of amides is 2. The van der Waals surface area contributed by atoms with E-state index in [1.54, 1.807) is 0 Å². The van der Waals surface area contributed by atoms with Gasteiger partial charge in [0.25, 0.3) is 0 Å². The summed E-state index contributed by atoms with van der Waals surface area (Å²) in [6.07, 6.45) is 0.210. The third-order valence-electron chi connectivity index (χ3n) is 4.70. The van der Waals surface area contributed by atoms with Crippen LogP contribution in [0.5, 0.6) is 0 Å². The molecule has 0 aliphatic rings. The number of carbonyl (C=O) groups excluding carboxylic acids is 2. The van der Waals surface area contributed by atoms with Crippen LogP contribution in [0.25, 0.3) is 5.69 Å². The van der Waals surface area contributed by atoms with Crippen molar-refractivity contribution in [2.75, 3.05) is 18.8 Å². The third kappa shape index (κ3) is 6.54. The van der Waals surface area contributed by atoms with E-state index < -0.39 is 6.09 Å². The van der Waals surface area contributed by atoms with Crippen LogP contribution < -0.4 is 16.4 Å². The normalized spacial score (nSPS) is 10.3. The first-order valence-corrected chi connectivity index (χ1v) is 10.2. The number of halogens is 1. The summed E-state index contributed by atoms with van der Waals surface area (Å²) in [7, 11) is 0. The average molecular weight is 450 g/mol. The Bertz CT molecular complexity index is 1140. The number of nitrogen functional groups attached to an aromatic ring is 1. The van der Waals surface area contributed by atoms with Crippen LogP contribution in [0.15, 0.2) is 54.6 Å². The maximum Gasteiger partial charge on any atom is 0.407 e. The molecular weight excluding hydrogens is 427 g/mol. The van der Waals surface area contributed by atoms with Crippen molar-refractivity contribution in [2.45, 2.75) is 19.4 Å². The molecule has 0 aliphatic heterocycles. The van der Waals surface area contributed by atoms with Crippen LogP contribution in [0.3, 0.4) is 0 Å². The second-order valence-corrected chi connectivity index (χ2v) is 7.08. The molecule has 1 aromatic heterocycles. The number of rotatable bonds is 9. The number of hydrogen-bond acceptors (Lipinski definition) is 6. The lowest BCUT2D eigenvalue weighted by molar-refractivity contribution is -0.120. The third-order valence-corrected chi connectivity index (χ3v) is 4.70. The molecule has 0 fully saturated rings. The van der Waals surface area contributed by atoms with Crippen LogP contribution in [0, 0.1) is 17.1 Å². The SMILES string of the molecule is N#Cc1c(CCCNC(=O)CNC(=O)OCc2ccccc2)nn(-c2ccc(F)cc2)c1N. The fraction of sp³-hybridized carbons (Fsp3) is 0.217. The Kier molecular flexibility index (Phi) is 7.96. The van der Waals surface area contributed by atoms with Crippen molar-refractivity contribution < 1.29 is 18.7 Å². The van der Waals surface area contributed by atoms with Gasteiger partial charge in [0.15, 0.2) is 0 Å². The Morgan fingerprint density at radius 1 is 1.12 bits per heavy atom. The van der Waals surface area contributed by atoms with Crippen molar-refractivity contribution in [3.63, 3.8) is 0 Å². The van der Waals surface area contributed by atoms with Gasteiger partial charge in [0.2, 0.25) is 5.91 Å². The zero-order valence-corrected chi connectivity index (χ0v) is 17.8. The lowest BCUT2D eigenvalue weighted by Gasteiger charge is -2.08. The highest BCUT2D eigenvalue weighted by Gasteiger charge is 2.16. The number of nitrogens with zero attached hydrogens (tertiary/aromatic N) is 3. The van der Waals surface area contributed by atoms with E-state index in [-0.39, 0.29) is 36.3 Å². The molecule has 1 heterocycles. The summed E-state index contributed by atoms with van der Waals surface area (Å²) in [5.41, 5.74) is 8.14. The molecule has 0 saturated carbocycles. The number of aryl methyl sites for hydroxylation is 1. The minimum atomic E-state index is -0.686. The van der Waals surface area contributed by atoms with Crippen LogP contribution in [-0.2, 0) is 22.6 Å². The van der Waals surface area contributed by atoms with E-state index >= 15 is 0 Å². The number of hydrogen-bond donors (Lipinski definition) is 3. The van der Waals surface area contributed by atoms with Gasteiger partial charge < -0.3 is 21.1 Å². The molecule has 3 rings (SSSR count). The molecule has 0 atom stereocenters. The van der Waals surface area contributed by atoms with Gasteiger partial charge in [-0.25, -0.2) is 13.9 Å². The summed E-state index contributed by atoms with van der Waals surface area (Å²) in [6, 6.07) is 16.8. The van der Waals surface area contributed by atoms with Gasteiger partial charge in [0, 0.05) is 6.54 Å². The highest BCUT2D eigenvalue weighted by atomic mass is 19.1. The first-order chi connectivity index (χ1) is 16.0. The van der Waals surface area contributed by atoms with Crippen molar-refractivity contribution in [2.24, 2.45) is 0 Å².